The summed E-state index contributed by atoms with van der Waals surface area (Å²) >= 11 is 3.19. The zero-order valence-corrected chi connectivity index (χ0v) is 10.9. The lowest BCUT2D eigenvalue weighted by atomic mass is 10.2. The number of hydrogen-bond donors (Lipinski definition) is 2. The Balaban J connectivity index is 2.20. The van der Waals surface area contributed by atoms with Crippen LogP contribution < -0.4 is 10.5 Å². The van der Waals surface area contributed by atoms with Gasteiger partial charge in [-0.05, 0) is 36.4 Å². The summed E-state index contributed by atoms with van der Waals surface area (Å²) in [6, 6.07) is 11.0. The van der Waals surface area contributed by atoms with Crippen molar-refractivity contribution in [2.75, 3.05) is 0 Å². The summed E-state index contributed by atoms with van der Waals surface area (Å²) in [5.74, 6) is 0.574. The number of ether oxygens (including phenoxy) is 1. The molecule has 2 aromatic carbocycles. The smallest absolute Gasteiger partial charge is 0.131 e. The number of nitrogen functional groups attached to an aromatic ring is 1. The first-order chi connectivity index (χ1) is 8.54. The topological polar surface area (TPSA) is 59.1 Å². The molecule has 92 valence electrons. The maximum Gasteiger partial charge on any atom is 0.131 e. The Bertz CT molecular complexity index is 564. The highest BCUT2D eigenvalue weighted by Crippen LogP contribution is 2.26. The lowest BCUT2D eigenvalue weighted by molar-refractivity contribution is 0.476. The first-order valence-corrected chi connectivity index (χ1v) is 5.92. The van der Waals surface area contributed by atoms with E-state index in [1.165, 1.54) is 12.1 Å². The van der Waals surface area contributed by atoms with Crippen LogP contribution in [0.5, 0.6) is 11.5 Å². The van der Waals surface area contributed by atoms with Crippen molar-refractivity contribution in [1.29, 1.82) is 5.41 Å². The van der Waals surface area contributed by atoms with Gasteiger partial charge in [0, 0.05) is 16.1 Å². The minimum absolute atomic E-state index is 0.00458. The van der Waals surface area contributed by atoms with E-state index in [2.05, 4.69) is 15.9 Å². The van der Waals surface area contributed by atoms with Crippen LogP contribution in [0, 0.1) is 11.2 Å². The molecule has 18 heavy (non-hydrogen) atoms. The van der Waals surface area contributed by atoms with E-state index in [0.717, 1.165) is 0 Å². The van der Waals surface area contributed by atoms with Gasteiger partial charge in [0.15, 0.2) is 0 Å². The molecule has 0 aromatic heterocycles. The van der Waals surface area contributed by atoms with Gasteiger partial charge in [0.05, 0.1) is 0 Å². The second-order valence-electron chi connectivity index (χ2n) is 3.65. The number of amidine groups is 1. The van der Waals surface area contributed by atoms with Gasteiger partial charge in [0.1, 0.15) is 23.2 Å². The Kier molecular flexibility index (Phi) is 3.62. The normalized spacial score (nSPS) is 10.1. The third-order valence-electron chi connectivity index (χ3n) is 2.24. The third kappa shape index (κ3) is 3.07. The van der Waals surface area contributed by atoms with E-state index in [4.69, 9.17) is 15.9 Å². The van der Waals surface area contributed by atoms with Crippen LogP contribution in [-0.2, 0) is 0 Å². The minimum Gasteiger partial charge on any atom is -0.457 e. The molecule has 2 aromatic rings. The van der Waals surface area contributed by atoms with Crippen LogP contribution >= 0.6 is 15.9 Å². The SMILES string of the molecule is N=C(N)c1ccc(Oc2cc(F)cc(Br)c2)cc1. The van der Waals surface area contributed by atoms with Gasteiger partial charge in [-0.15, -0.1) is 0 Å². The first kappa shape index (κ1) is 12.6. The Morgan fingerprint density at radius 2 is 1.78 bits per heavy atom. The lowest BCUT2D eigenvalue weighted by Crippen LogP contribution is -2.10. The molecule has 0 aliphatic carbocycles. The molecule has 0 heterocycles. The summed E-state index contributed by atoms with van der Waals surface area (Å²) in [5.41, 5.74) is 5.96. The molecule has 3 N–H and O–H groups in total. The van der Waals surface area contributed by atoms with E-state index in [0.29, 0.717) is 21.5 Å². The van der Waals surface area contributed by atoms with Crippen LogP contribution in [0.4, 0.5) is 4.39 Å². The summed E-state index contributed by atoms with van der Waals surface area (Å²) in [5, 5.41) is 7.26. The predicted molar refractivity (Wildman–Crippen MR) is 71.6 cm³/mol. The van der Waals surface area contributed by atoms with Crippen LogP contribution in [-0.4, -0.2) is 5.84 Å². The fourth-order valence-corrected chi connectivity index (χ4v) is 1.87. The summed E-state index contributed by atoms with van der Waals surface area (Å²) in [6.07, 6.45) is 0. The van der Waals surface area contributed by atoms with E-state index in [9.17, 15) is 4.39 Å². The number of nitrogens with one attached hydrogen (secondary N) is 1. The van der Waals surface area contributed by atoms with E-state index in [-0.39, 0.29) is 11.7 Å². The highest BCUT2D eigenvalue weighted by molar-refractivity contribution is 9.10. The maximum atomic E-state index is 13.1. The van der Waals surface area contributed by atoms with Crippen molar-refractivity contribution in [2.45, 2.75) is 0 Å². The number of nitrogens with two attached hydrogens (primary N) is 1. The van der Waals surface area contributed by atoms with Crippen LogP contribution in [0.1, 0.15) is 5.56 Å². The molecular formula is C13H10BrFN2O. The highest BCUT2D eigenvalue weighted by atomic mass is 79.9. The standard InChI is InChI=1S/C13H10BrFN2O/c14-9-5-10(15)7-12(6-9)18-11-3-1-8(2-4-11)13(16)17/h1-7H,(H3,16,17). The Morgan fingerprint density at radius 3 is 2.33 bits per heavy atom. The monoisotopic (exact) mass is 308 g/mol. The van der Waals surface area contributed by atoms with Crippen LogP contribution in [0.25, 0.3) is 0 Å². The molecule has 0 unspecified atom stereocenters. The second-order valence-corrected chi connectivity index (χ2v) is 4.56. The molecule has 3 nitrogen and oxygen atoms in total. The quantitative estimate of drug-likeness (QED) is 0.671. The molecule has 5 heteroatoms. The average Bonchev–Trinajstić information content (AvgIpc) is 2.28. The average molecular weight is 309 g/mol. The van der Waals surface area contributed by atoms with E-state index in [1.807, 2.05) is 0 Å². The fourth-order valence-electron chi connectivity index (χ4n) is 1.43. The van der Waals surface area contributed by atoms with E-state index < -0.39 is 0 Å². The van der Waals surface area contributed by atoms with Gasteiger partial charge in [-0.1, -0.05) is 15.9 Å². The summed E-state index contributed by atoms with van der Waals surface area (Å²) < 4.78 is 19.2. The number of hydrogen-bond acceptors (Lipinski definition) is 2. The van der Waals surface area contributed by atoms with Gasteiger partial charge in [-0.2, -0.15) is 0 Å². The van der Waals surface area contributed by atoms with Crippen LogP contribution in [0.3, 0.4) is 0 Å². The number of halogens is 2. The second kappa shape index (κ2) is 5.18. The van der Waals surface area contributed by atoms with Crippen molar-refractivity contribution in [3.05, 3.63) is 58.3 Å². The Hall–Kier alpha value is -1.88. The van der Waals surface area contributed by atoms with Gasteiger partial charge in [-0.25, -0.2) is 4.39 Å². The molecule has 2 rings (SSSR count). The van der Waals surface area contributed by atoms with Crippen LogP contribution in [0.2, 0.25) is 0 Å². The van der Waals surface area contributed by atoms with Crippen molar-refractivity contribution in [3.63, 3.8) is 0 Å². The van der Waals surface area contributed by atoms with Gasteiger partial charge in [0.2, 0.25) is 0 Å². The van der Waals surface area contributed by atoms with Gasteiger partial charge in [-0.3, -0.25) is 5.41 Å². The molecule has 0 spiro atoms. The third-order valence-corrected chi connectivity index (χ3v) is 2.69. The van der Waals surface area contributed by atoms with Crippen molar-refractivity contribution in [1.82, 2.24) is 0 Å². The molecule has 0 aliphatic heterocycles. The van der Waals surface area contributed by atoms with E-state index in [1.54, 1.807) is 30.3 Å². The number of benzene rings is 2. The molecule has 0 radical (unpaired) electrons. The zero-order valence-electron chi connectivity index (χ0n) is 9.28. The van der Waals surface area contributed by atoms with Crippen molar-refractivity contribution >= 4 is 21.8 Å². The fraction of sp³-hybridized carbons (Fsp3) is 0. The molecule has 0 fully saturated rings. The molecule has 0 saturated heterocycles. The lowest BCUT2D eigenvalue weighted by Gasteiger charge is -2.07. The molecule has 0 bridgehead atoms. The highest BCUT2D eigenvalue weighted by Gasteiger charge is 2.02. The largest absolute Gasteiger partial charge is 0.457 e. The van der Waals surface area contributed by atoms with Crippen molar-refractivity contribution in [2.24, 2.45) is 5.73 Å². The Morgan fingerprint density at radius 1 is 1.11 bits per heavy atom. The molecule has 0 saturated carbocycles. The predicted octanol–water partition coefficient (Wildman–Crippen LogP) is 3.66. The summed E-state index contributed by atoms with van der Waals surface area (Å²) in [6.45, 7) is 0. The molecular weight excluding hydrogens is 299 g/mol. The van der Waals surface area contributed by atoms with Crippen molar-refractivity contribution < 1.29 is 9.13 Å². The van der Waals surface area contributed by atoms with Gasteiger partial charge < -0.3 is 10.5 Å². The molecule has 0 atom stereocenters. The van der Waals surface area contributed by atoms with Crippen molar-refractivity contribution in [3.8, 4) is 11.5 Å². The maximum absolute atomic E-state index is 13.1. The molecule has 0 amide bonds. The zero-order chi connectivity index (χ0) is 13.1. The Labute approximate surface area is 112 Å². The first-order valence-electron chi connectivity index (χ1n) is 5.13. The summed E-state index contributed by atoms with van der Waals surface area (Å²) in [4.78, 5) is 0. The molecule has 0 aliphatic rings. The number of rotatable bonds is 3. The van der Waals surface area contributed by atoms with Gasteiger partial charge in [0.25, 0.3) is 0 Å². The minimum atomic E-state index is -0.375. The van der Waals surface area contributed by atoms with Gasteiger partial charge >= 0.3 is 0 Å². The van der Waals surface area contributed by atoms with Crippen LogP contribution in [0.15, 0.2) is 46.9 Å². The van der Waals surface area contributed by atoms with E-state index >= 15 is 0 Å². The summed E-state index contributed by atoms with van der Waals surface area (Å²) in [7, 11) is 0.